The van der Waals surface area contributed by atoms with Crippen molar-refractivity contribution in [3.63, 3.8) is 0 Å². The maximum Gasteiger partial charge on any atom is 0.263 e. The highest BCUT2D eigenvalue weighted by Crippen LogP contribution is 2.30. The van der Waals surface area contributed by atoms with Crippen LogP contribution in [-0.2, 0) is 4.79 Å². The van der Waals surface area contributed by atoms with Crippen LogP contribution in [0.5, 0.6) is 0 Å². The number of piperidine rings is 1. The second kappa shape index (κ2) is 6.15. The van der Waals surface area contributed by atoms with E-state index < -0.39 is 0 Å². The molecule has 5 nitrogen and oxygen atoms in total. The van der Waals surface area contributed by atoms with Crippen molar-refractivity contribution in [2.75, 3.05) is 19.7 Å². The SMILES string of the molecule is O=C(N[C@@H]1CN(C(=O)c2cccs2)CC[C@@H]1CO)C1CC1. The van der Waals surface area contributed by atoms with Crippen LogP contribution in [0.3, 0.4) is 0 Å². The first-order chi connectivity index (χ1) is 10.2. The summed E-state index contributed by atoms with van der Waals surface area (Å²) in [6.07, 6.45) is 2.64. The summed E-state index contributed by atoms with van der Waals surface area (Å²) in [6, 6.07) is 3.55. The molecule has 6 heteroatoms. The molecule has 1 aliphatic carbocycles. The van der Waals surface area contributed by atoms with Crippen LogP contribution in [0.25, 0.3) is 0 Å². The summed E-state index contributed by atoms with van der Waals surface area (Å²) in [4.78, 5) is 26.9. The number of likely N-dealkylation sites (tertiary alicyclic amines) is 1. The van der Waals surface area contributed by atoms with Crippen LogP contribution < -0.4 is 5.32 Å². The predicted molar refractivity (Wildman–Crippen MR) is 80.1 cm³/mol. The Morgan fingerprint density at radius 3 is 2.81 bits per heavy atom. The van der Waals surface area contributed by atoms with Crippen molar-refractivity contribution in [2.24, 2.45) is 11.8 Å². The maximum absolute atomic E-state index is 12.4. The minimum atomic E-state index is -0.138. The lowest BCUT2D eigenvalue weighted by atomic mass is 9.92. The number of amides is 2. The van der Waals surface area contributed by atoms with Gasteiger partial charge in [0.25, 0.3) is 5.91 Å². The number of aliphatic hydroxyl groups is 1. The van der Waals surface area contributed by atoms with Gasteiger partial charge in [0, 0.05) is 31.5 Å². The highest BCUT2D eigenvalue weighted by atomic mass is 32.1. The molecule has 0 bridgehead atoms. The van der Waals surface area contributed by atoms with E-state index in [4.69, 9.17) is 0 Å². The van der Waals surface area contributed by atoms with Gasteiger partial charge in [0.05, 0.1) is 10.9 Å². The average molecular weight is 308 g/mol. The molecule has 0 aromatic carbocycles. The molecule has 1 aromatic heterocycles. The molecule has 2 aliphatic rings. The Balaban J connectivity index is 1.65. The molecule has 2 N–H and O–H groups in total. The average Bonchev–Trinajstić information content (AvgIpc) is 3.22. The van der Waals surface area contributed by atoms with Gasteiger partial charge in [0.2, 0.25) is 5.91 Å². The second-order valence-electron chi connectivity index (χ2n) is 5.85. The van der Waals surface area contributed by atoms with Gasteiger partial charge < -0.3 is 15.3 Å². The van der Waals surface area contributed by atoms with Crippen molar-refractivity contribution in [1.82, 2.24) is 10.2 Å². The number of hydrogen-bond donors (Lipinski definition) is 2. The number of nitrogens with one attached hydrogen (secondary N) is 1. The largest absolute Gasteiger partial charge is 0.396 e. The minimum absolute atomic E-state index is 0.0204. The smallest absolute Gasteiger partial charge is 0.263 e. The van der Waals surface area contributed by atoms with Crippen LogP contribution in [0.1, 0.15) is 28.9 Å². The van der Waals surface area contributed by atoms with E-state index >= 15 is 0 Å². The van der Waals surface area contributed by atoms with Gasteiger partial charge in [0.1, 0.15) is 0 Å². The van der Waals surface area contributed by atoms with Crippen LogP contribution >= 0.6 is 11.3 Å². The van der Waals surface area contributed by atoms with Crippen molar-refractivity contribution >= 4 is 23.2 Å². The summed E-state index contributed by atoms with van der Waals surface area (Å²) < 4.78 is 0. The van der Waals surface area contributed by atoms with E-state index in [-0.39, 0.29) is 36.3 Å². The molecule has 0 radical (unpaired) electrons. The van der Waals surface area contributed by atoms with Gasteiger partial charge in [-0.1, -0.05) is 6.07 Å². The van der Waals surface area contributed by atoms with Crippen LogP contribution in [-0.4, -0.2) is 47.6 Å². The fraction of sp³-hybridized carbons (Fsp3) is 0.600. The molecule has 2 fully saturated rings. The molecule has 1 aromatic rings. The van der Waals surface area contributed by atoms with E-state index in [2.05, 4.69) is 5.32 Å². The third-order valence-corrected chi connectivity index (χ3v) is 5.14. The third-order valence-electron chi connectivity index (χ3n) is 4.29. The van der Waals surface area contributed by atoms with E-state index in [0.29, 0.717) is 13.1 Å². The topological polar surface area (TPSA) is 69.6 Å². The first-order valence-corrected chi connectivity index (χ1v) is 8.31. The Morgan fingerprint density at radius 2 is 2.19 bits per heavy atom. The van der Waals surface area contributed by atoms with Gasteiger partial charge in [-0.2, -0.15) is 0 Å². The lowest BCUT2D eigenvalue weighted by Gasteiger charge is -2.38. The Labute approximate surface area is 128 Å². The quantitative estimate of drug-likeness (QED) is 0.875. The summed E-state index contributed by atoms with van der Waals surface area (Å²) in [7, 11) is 0. The lowest BCUT2D eigenvalue weighted by molar-refractivity contribution is -0.123. The Bertz CT molecular complexity index is 513. The Hall–Kier alpha value is -1.40. The molecule has 3 rings (SSSR count). The summed E-state index contributed by atoms with van der Waals surface area (Å²) in [5.74, 6) is 0.281. The van der Waals surface area contributed by atoms with Crippen LogP contribution in [0.2, 0.25) is 0 Å². The van der Waals surface area contributed by atoms with Gasteiger partial charge in [-0.25, -0.2) is 0 Å². The molecule has 2 heterocycles. The number of hydrogen-bond acceptors (Lipinski definition) is 4. The van der Waals surface area contributed by atoms with E-state index in [0.717, 1.165) is 24.1 Å². The summed E-state index contributed by atoms with van der Waals surface area (Å²) >= 11 is 1.43. The molecule has 114 valence electrons. The first kappa shape index (κ1) is 14.5. The maximum atomic E-state index is 12.4. The zero-order valence-electron chi connectivity index (χ0n) is 11.8. The van der Waals surface area contributed by atoms with Crippen molar-refractivity contribution in [2.45, 2.75) is 25.3 Å². The number of rotatable bonds is 4. The second-order valence-corrected chi connectivity index (χ2v) is 6.80. The van der Waals surface area contributed by atoms with E-state index in [9.17, 15) is 14.7 Å². The zero-order valence-corrected chi connectivity index (χ0v) is 12.6. The van der Waals surface area contributed by atoms with Crippen LogP contribution in [0.15, 0.2) is 17.5 Å². The zero-order chi connectivity index (χ0) is 14.8. The monoisotopic (exact) mass is 308 g/mol. The highest BCUT2D eigenvalue weighted by molar-refractivity contribution is 7.12. The minimum Gasteiger partial charge on any atom is -0.396 e. The Kier molecular flexibility index (Phi) is 4.26. The predicted octanol–water partition coefficient (Wildman–Crippen LogP) is 1.10. The summed E-state index contributed by atoms with van der Waals surface area (Å²) in [5, 5.41) is 14.4. The molecular weight excluding hydrogens is 288 g/mol. The van der Waals surface area contributed by atoms with Crippen LogP contribution in [0.4, 0.5) is 0 Å². The molecular formula is C15H20N2O3S. The summed E-state index contributed by atoms with van der Waals surface area (Å²) in [5.41, 5.74) is 0. The molecule has 1 saturated carbocycles. The molecule has 0 unspecified atom stereocenters. The molecule has 0 spiro atoms. The molecule has 1 aliphatic heterocycles. The molecule has 2 amide bonds. The molecule has 1 saturated heterocycles. The number of nitrogens with zero attached hydrogens (tertiary/aromatic N) is 1. The number of carbonyl (C=O) groups excluding carboxylic acids is 2. The van der Waals surface area contributed by atoms with Gasteiger partial charge in [-0.05, 0) is 30.7 Å². The standard InChI is InChI=1S/C15H20N2O3S/c18-9-11-5-6-17(15(20)13-2-1-7-21-13)8-12(11)16-14(19)10-3-4-10/h1-2,7,10-12,18H,3-6,8-9H2,(H,16,19)/t11-,12-/m1/s1. The third kappa shape index (κ3) is 3.27. The van der Waals surface area contributed by atoms with Crippen molar-refractivity contribution in [3.8, 4) is 0 Å². The molecule has 2 atom stereocenters. The number of aliphatic hydroxyl groups excluding tert-OH is 1. The van der Waals surface area contributed by atoms with Gasteiger partial charge in [-0.3, -0.25) is 9.59 Å². The van der Waals surface area contributed by atoms with Crippen molar-refractivity contribution < 1.29 is 14.7 Å². The molecule has 21 heavy (non-hydrogen) atoms. The van der Waals surface area contributed by atoms with E-state index in [1.807, 2.05) is 17.5 Å². The number of carbonyl (C=O) groups is 2. The first-order valence-electron chi connectivity index (χ1n) is 7.43. The van der Waals surface area contributed by atoms with Crippen molar-refractivity contribution in [3.05, 3.63) is 22.4 Å². The lowest BCUT2D eigenvalue weighted by Crippen LogP contribution is -2.55. The Morgan fingerprint density at radius 1 is 1.38 bits per heavy atom. The van der Waals surface area contributed by atoms with E-state index in [1.165, 1.54) is 11.3 Å². The van der Waals surface area contributed by atoms with E-state index in [1.54, 1.807) is 4.90 Å². The fourth-order valence-electron chi connectivity index (χ4n) is 2.77. The van der Waals surface area contributed by atoms with Gasteiger partial charge >= 0.3 is 0 Å². The van der Waals surface area contributed by atoms with Gasteiger partial charge in [0.15, 0.2) is 0 Å². The summed E-state index contributed by atoms with van der Waals surface area (Å²) in [6.45, 7) is 1.18. The van der Waals surface area contributed by atoms with Crippen molar-refractivity contribution in [1.29, 1.82) is 0 Å². The number of thiophene rings is 1. The fourth-order valence-corrected chi connectivity index (χ4v) is 3.46. The van der Waals surface area contributed by atoms with Gasteiger partial charge in [-0.15, -0.1) is 11.3 Å². The van der Waals surface area contributed by atoms with Crippen LogP contribution in [0, 0.1) is 11.8 Å². The normalized spacial score (nSPS) is 25.7. The highest BCUT2D eigenvalue weighted by Gasteiger charge is 2.36.